The molecule has 0 radical (unpaired) electrons. The Bertz CT molecular complexity index is 803. The highest BCUT2D eigenvalue weighted by Crippen LogP contribution is 2.16. The number of para-hydroxylation sites is 1. The van der Waals surface area contributed by atoms with E-state index in [9.17, 15) is 9.59 Å². The molecular formula is C22H27BrN2O3. The molecule has 0 saturated heterocycles. The van der Waals surface area contributed by atoms with Gasteiger partial charge in [-0.05, 0) is 57.5 Å². The van der Waals surface area contributed by atoms with Crippen LogP contribution in [-0.2, 0) is 16.1 Å². The molecule has 2 rings (SSSR count). The Hall–Kier alpha value is -2.34. The smallest absolute Gasteiger partial charge is 0.261 e. The number of hydrogen-bond acceptors (Lipinski definition) is 3. The van der Waals surface area contributed by atoms with Gasteiger partial charge in [-0.2, -0.15) is 0 Å². The largest absolute Gasteiger partial charge is 0.484 e. The van der Waals surface area contributed by atoms with Crippen LogP contribution in [0, 0.1) is 0 Å². The van der Waals surface area contributed by atoms with Crippen LogP contribution in [0.25, 0.3) is 0 Å². The molecule has 2 aromatic rings. The second-order valence-electron chi connectivity index (χ2n) is 7.67. The molecule has 0 heterocycles. The minimum Gasteiger partial charge on any atom is -0.484 e. The van der Waals surface area contributed by atoms with Gasteiger partial charge in [-0.25, -0.2) is 0 Å². The van der Waals surface area contributed by atoms with E-state index in [-0.39, 0.29) is 24.0 Å². The summed E-state index contributed by atoms with van der Waals surface area (Å²) in [5.41, 5.74) is 0.550. The molecule has 150 valence electrons. The number of carbonyl (C=O) groups excluding carboxylic acids is 2. The molecule has 1 atom stereocenters. The first-order valence-corrected chi connectivity index (χ1v) is 9.99. The van der Waals surface area contributed by atoms with E-state index >= 15 is 0 Å². The minimum atomic E-state index is -0.634. The zero-order valence-electron chi connectivity index (χ0n) is 16.7. The minimum absolute atomic E-state index is 0.134. The van der Waals surface area contributed by atoms with E-state index < -0.39 is 6.04 Å². The van der Waals surface area contributed by atoms with Crippen LogP contribution in [0.15, 0.2) is 59.1 Å². The first-order chi connectivity index (χ1) is 13.2. The Balaban J connectivity index is 2.16. The molecule has 1 N–H and O–H groups in total. The highest BCUT2D eigenvalue weighted by Gasteiger charge is 2.28. The number of amides is 2. The third-order valence-electron chi connectivity index (χ3n) is 4.01. The van der Waals surface area contributed by atoms with Crippen molar-refractivity contribution in [3.8, 4) is 5.75 Å². The van der Waals surface area contributed by atoms with Crippen molar-refractivity contribution in [2.24, 2.45) is 0 Å². The van der Waals surface area contributed by atoms with Crippen LogP contribution in [0.2, 0.25) is 0 Å². The molecule has 0 aliphatic carbocycles. The predicted octanol–water partition coefficient (Wildman–Crippen LogP) is 4.16. The fraction of sp³-hybridized carbons (Fsp3) is 0.364. The summed E-state index contributed by atoms with van der Waals surface area (Å²) < 4.78 is 6.53. The Kier molecular flexibility index (Phi) is 7.63. The number of nitrogens with one attached hydrogen (secondary N) is 1. The molecule has 5 nitrogen and oxygen atoms in total. The van der Waals surface area contributed by atoms with Gasteiger partial charge in [0.15, 0.2) is 6.61 Å². The van der Waals surface area contributed by atoms with E-state index in [1.807, 2.05) is 63.2 Å². The standard InChI is InChI=1S/C22H27BrN2O3/c1-16(21(27)24-22(2,3)4)25(14-17-9-8-10-18(23)13-17)20(26)15-28-19-11-6-5-7-12-19/h5-13,16H,14-15H2,1-4H3,(H,24,27). The summed E-state index contributed by atoms with van der Waals surface area (Å²) in [5, 5.41) is 2.94. The van der Waals surface area contributed by atoms with Crippen LogP contribution in [0.3, 0.4) is 0 Å². The molecule has 2 aromatic carbocycles. The van der Waals surface area contributed by atoms with Crippen LogP contribution in [0.5, 0.6) is 5.75 Å². The zero-order chi connectivity index (χ0) is 20.7. The molecule has 0 bridgehead atoms. The van der Waals surface area contributed by atoms with Gasteiger partial charge in [-0.3, -0.25) is 9.59 Å². The van der Waals surface area contributed by atoms with E-state index in [2.05, 4.69) is 21.2 Å². The second-order valence-corrected chi connectivity index (χ2v) is 8.58. The van der Waals surface area contributed by atoms with Gasteiger partial charge in [0.25, 0.3) is 5.91 Å². The fourth-order valence-corrected chi connectivity index (χ4v) is 3.08. The topological polar surface area (TPSA) is 58.6 Å². The maximum atomic E-state index is 12.9. The molecule has 28 heavy (non-hydrogen) atoms. The maximum absolute atomic E-state index is 12.9. The molecule has 0 aromatic heterocycles. The van der Waals surface area contributed by atoms with Crippen molar-refractivity contribution in [1.29, 1.82) is 0 Å². The average molecular weight is 447 g/mol. The van der Waals surface area contributed by atoms with Crippen molar-refractivity contribution >= 4 is 27.7 Å². The van der Waals surface area contributed by atoms with Gasteiger partial charge in [0, 0.05) is 16.6 Å². The van der Waals surface area contributed by atoms with Crippen molar-refractivity contribution in [3.05, 3.63) is 64.6 Å². The summed E-state index contributed by atoms with van der Waals surface area (Å²) in [5.74, 6) is 0.168. The predicted molar refractivity (Wildman–Crippen MR) is 114 cm³/mol. The van der Waals surface area contributed by atoms with Gasteiger partial charge < -0.3 is 15.0 Å². The number of ether oxygens (including phenoxy) is 1. The fourth-order valence-electron chi connectivity index (χ4n) is 2.63. The van der Waals surface area contributed by atoms with Gasteiger partial charge in [-0.15, -0.1) is 0 Å². The highest BCUT2D eigenvalue weighted by atomic mass is 79.9. The Morgan fingerprint density at radius 2 is 1.79 bits per heavy atom. The van der Waals surface area contributed by atoms with Crippen molar-refractivity contribution in [1.82, 2.24) is 10.2 Å². The molecule has 0 spiro atoms. The van der Waals surface area contributed by atoms with Crippen molar-refractivity contribution in [3.63, 3.8) is 0 Å². The molecule has 2 amide bonds. The normalized spacial score (nSPS) is 12.2. The van der Waals surface area contributed by atoms with Gasteiger partial charge in [0.2, 0.25) is 5.91 Å². The summed E-state index contributed by atoms with van der Waals surface area (Å²) in [7, 11) is 0. The molecular weight excluding hydrogens is 420 g/mol. The lowest BCUT2D eigenvalue weighted by Crippen LogP contribution is -2.53. The summed E-state index contributed by atoms with van der Waals surface area (Å²) in [4.78, 5) is 27.2. The van der Waals surface area contributed by atoms with Crippen LogP contribution in [-0.4, -0.2) is 34.9 Å². The lowest BCUT2D eigenvalue weighted by molar-refractivity contribution is -0.142. The Morgan fingerprint density at radius 1 is 1.11 bits per heavy atom. The number of rotatable bonds is 7. The lowest BCUT2D eigenvalue weighted by Gasteiger charge is -2.31. The first-order valence-electron chi connectivity index (χ1n) is 9.19. The first kappa shape index (κ1) is 22.0. The second kappa shape index (κ2) is 9.73. The monoisotopic (exact) mass is 446 g/mol. The molecule has 0 fully saturated rings. The van der Waals surface area contributed by atoms with E-state index in [1.165, 1.54) is 0 Å². The van der Waals surface area contributed by atoms with E-state index in [4.69, 9.17) is 4.74 Å². The van der Waals surface area contributed by atoms with Crippen molar-refractivity contribution < 1.29 is 14.3 Å². The van der Waals surface area contributed by atoms with Gasteiger partial charge in [0.05, 0.1) is 0 Å². The lowest BCUT2D eigenvalue weighted by atomic mass is 10.1. The van der Waals surface area contributed by atoms with Gasteiger partial charge in [0.1, 0.15) is 11.8 Å². The molecule has 0 aliphatic rings. The Morgan fingerprint density at radius 3 is 2.39 bits per heavy atom. The summed E-state index contributed by atoms with van der Waals surface area (Å²) in [6.07, 6.45) is 0. The van der Waals surface area contributed by atoms with E-state index in [0.717, 1.165) is 10.0 Å². The number of halogens is 1. The molecule has 0 saturated carbocycles. The number of nitrogens with zero attached hydrogens (tertiary/aromatic N) is 1. The number of benzene rings is 2. The number of carbonyl (C=O) groups is 2. The number of hydrogen-bond donors (Lipinski definition) is 1. The molecule has 1 unspecified atom stereocenters. The molecule has 6 heteroatoms. The third kappa shape index (κ3) is 7.00. The highest BCUT2D eigenvalue weighted by molar-refractivity contribution is 9.10. The summed E-state index contributed by atoms with van der Waals surface area (Å²) in [6, 6.07) is 16.2. The van der Waals surface area contributed by atoms with Gasteiger partial charge in [-0.1, -0.05) is 46.3 Å². The zero-order valence-corrected chi connectivity index (χ0v) is 18.3. The van der Waals surface area contributed by atoms with E-state index in [0.29, 0.717) is 12.3 Å². The maximum Gasteiger partial charge on any atom is 0.261 e. The summed E-state index contributed by atoms with van der Waals surface area (Å²) in [6.45, 7) is 7.66. The quantitative estimate of drug-likeness (QED) is 0.694. The third-order valence-corrected chi connectivity index (χ3v) is 4.51. The summed E-state index contributed by atoms with van der Waals surface area (Å²) >= 11 is 3.45. The van der Waals surface area contributed by atoms with Gasteiger partial charge >= 0.3 is 0 Å². The van der Waals surface area contributed by atoms with Crippen molar-refractivity contribution in [2.45, 2.75) is 45.8 Å². The van der Waals surface area contributed by atoms with Crippen molar-refractivity contribution in [2.75, 3.05) is 6.61 Å². The average Bonchev–Trinajstić information content (AvgIpc) is 2.63. The molecule has 0 aliphatic heterocycles. The SMILES string of the molecule is CC(C(=O)NC(C)(C)C)N(Cc1cccc(Br)c1)C(=O)COc1ccccc1. The van der Waals surface area contributed by atoms with E-state index in [1.54, 1.807) is 24.0 Å². The van der Waals surface area contributed by atoms with Crippen LogP contribution >= 0.6 is 15.9 Å². The van der Waals surface area contributed by atoms with Crippen LogP contribution in [0.4, 0.5) is 0 Å². The van der Waals surface area contributed by atoms with Crippen LogP contribution < -0.4 is 10.1 Å². The van der Waals surface area contributed by atoms with Crippen LogP contribution in [0.1, 0.15) is 33.3 Å². The Labute approximate surface area is 175 Å².